The molecule has 1 heterocycles. The van der Waals surface area contributed by atoms with Gasteiger partial charge < -0.3 is 0 Å². The molecule has 1 aliphatic heterocycles. The van der Waals surface area contributed by atoms with Crippen LogP contribution in [0.3, 0.4) is 0 Å². The van der Waals surface area contributed by atoms with E-state index in [1.54, 1.807) is 0 Å². The predicted octanol–water partition coefficient (Wildman–Crippen LogP) is -1.60. The van der Waals surface area contributed by atoms with E-state index < -0.39 is 7.74 Å². The third-order valence-corrected chi connectivity index (χ3v) is 0.824. The molecule has 0 aromatic heterocycles. The summed E-state index contributed by atoms with van der Waals surface area (Å²) in [5.41, 5.74) is 0. The molecule has 1 rings (SSSR count). The minimum Gasteiger partial charge on any atom is 0 e. The molecular weight excluding hydrogens is 166 g/mol. The van der Waals surface area contributed by atoms with Crippen molar-refractivity contribution < 1.29 is 45.7 Å². The zero-order valence-corrected chi connectivity index (χ0v) is 5.56. The average Bonchev–Trinajstić information content (AvgIpc) is 1.73. The normalized spacial score (nSPS) is 32.1. The van der Waals surface area contributed by atoms with E-state index in [1.165, 1.54) is 0 Å². The van der Waals surface area contributed by atoms with Crippen LogP contribution in [-0.2, 0) is 31.1 Å². The first-order valence-corrected chi connectivity index (χ1v) is 3.06. The van der Waals surface area contributed by atoms with Gasteiger partial charge in [-0.3, -0.25) is 0 Å². The van der Waals surface area contributed by atoms with Crippen LogP contribution in [0.5, 0.6) is 0 Å². The Kier molecular flexibility index (Phi) is 4.05. The summed E-state index contributed by atoms with van der Waals surface area (Å²) in [6.45, 7) is 0. The van der Waals surface area contributed by atoms with Crippen LogP contribution in [-0.4, -0.2) is 33.5 Å². The van der Waals surface area contributed by atoms with E-state index in [1.807, 2.05) is 0 Å². The number of hydrogen-bond donors (Lipinski definition) is 3. The van der Waals surface area contributed by atoms with Gasteiger partial charge in [0.15, 0.2) is 0 Å². The number of hydrogen-bond acceptors (Lipinski definition) is 5. The van der Waals surface area contributed by atoms with Gasteiger partial charge in [-0.1, -0.05) is 0 Å². The van der Waals surface area contributed by atoms with E-state index in [0.717, 1.165) is 0 Å². The van der Waals surface area contributed by atoms with Gasteiger partial charge in [0.05, 0.1) is 0 Å². The van der Waals surface area contributed by atoms with Crippen molar-refractivity contribution in [2.24, 2.45) is 0 Å². The van der Waals surface area contributed by atoms with E-state index in [0.29, 0.717) is 0 Å². The molecule has 44 valence electrons. The van der Waals surface area contributed by atoms with Gasteiger partial charge in [-0.2, -0.15) is 0 Å². The van der Waals surface area contributed by atoms with Crippen LogP contribution in [0, 0.1) is 0 Å². The summed E-state index contributed by atoms with van der Waals surface area (Å²) < 4.78 is 6.76. The molecule has 1 aliphatic rings. The Hall–Kier alpha value is 1.54. The molecule has 0 aliphatic carbocycles. The summed E-state index contributed by atoms with van der Waals surface area (Å²) in [5, 5.41) is 0. The predicted molar refractivity (Wildman–Crippen MR) is 22.9 cm³/mol. The van der Waals surface area contributed by atoms with Gasteiger partial charge in [0.2, 0.25) is 0 Å². The maximum Gasteiger partial charge on any atom is 0 e. The van der Waals surface area contributed by atoms with Crippen LogP contribution in [0.4, 0.5) is 0 Å². The zero-order chi connectivity index (χ0) is 4.86. The fourth-order valence-corrected chi connectivity index (χ4v) is 0.402. The van der Waals surface area contributed by atoms with E-state index in [4.69, 9.17) is 14.7 Å². The van der Waals surface area contributed by atoms with E-state index in [-0.39, 0.29) is 40.6 Å². The minimum absolute atomic E-state index is 0. The van der Waals surface area contributed by atoms with Crippen LogP contribution >= 0.6 is 7.74 Å². The van der Waals surface area contributed by atoms with Crippen molar-refractivity contribution in [2.75, 3.05) is 0 Å². The smallest absolute Gasteiger partial charge is 0 e. The summed E-state index contributed by atoms with van der Waals surface area (Å²) in [4.78, 5) is 23.7. The quantitative estimate of drug-likeness (QED) is 0.176. The molecule has 0 spiro atoms. The summed E-state index contributed by atoms with van der Waals surface area (Å²) in [5.74, 6) is 0. The van der Waals surface area contributed by atoms with Crippen molar-refractivity contribution in [3.8, 4) is 0 Å². The third-order valence-electron chi connectivity index (χ3n) is 0.275. The molecule has 0 aromatic carbocycles. The summed E-state index contributed by atoms with van der Waals surface area (Å²) in [6, 6.07) is 0. The monoisotopic (exact) mass is 170 g/mol. The molecule has 0 aromatic rings. The van der Waals surface area contributed by atoms with Gasteiger partial charge in [-0.25, -0.2) is 0 Å². The summed E-state index contributed by atoms with van der Waals surface area (Å²) in [7, 11) is -4.80. The maximum absolute atomic E-state index is 7.89. The molecule has 0 unspecified atom stereocenters. The van der Waals surface area contributed by atoms with Gasteiger partial charge in [0, 0.05) is 21.7 Å². The molecule has 3 N–H and O–H groups in total. The van der Waals surface area contributed by atoms with Crippen molar-refractivity contribution in [1.29, 1.82) is 0 Å². The van der Waals surface area contributed by atoms with E-state index >= 15 is 0 Å². The second-order valence-electron chi connectivity index (χ2n) is 0.982. The third kappa shape index (κ3) is 4.42. The molecule has 8 heteroatoms. The first-order valence-electron chi connectivity index (χ1n) is 1.13. The fourth-order valence-electron chi connectivity index (χ4n) is 0.0447. The maximum atomic E-state index is 7.89. The second-order valence-corrected chi connectivity index (χ2v) is 2.95. The molecule has 0 atom stereocenters. The van der Waals surface area contributed by atoms with E-state index in [9.17, 15) is 0 Å². The Labute approximate surface area is 72.3 Å². The second kappa shape index (κ2) is 2.65. The Balaban J connectivity index is 0. The van der Waals surface area contributed by atoms with Gasteiger partial charge in [0.1, 0.15) is 0 Å². The Bertz CT molecular complexity index is 76.2. The molecule has 0 radical (unpaired) electrons. The van der Waals surface area contributed by atoms with Crippen molar-refractivity contribution in [3.05, 3.63) is 0 Å². The standard InChI is InChI=1S/Li.H3O5P.Ti.H/c;1-6(2,3)4-5-6;;/h;1-3H;;. The van der Waals surface area contributed by atoms with Crippen LogP contribution in [0.15, 0.2) is 0 Å². The Morgan fingerprint density at radius 3 is 1.12 bits per heavy atom. The molecule has 0 bridgehead atoms. The molecular formula is H4LiO5PTi. The van der Waals surface area contributed by atoms with Crippen molar-refractivity contribution in [1.82, 2.24) is 0 Å². The summed E-state index contributed by atoms with van der Waals surface area (Å²) >= 11 is 0. The Morgan fingerprint density at radius 2 is 1.12 bits per heavy atom. The molecule has 1 fully saturated rings. The van der Waals surface area contributed by atoms with Crippen LogP contribution in [0.1, 0.15) is 0 Å². The van der Waals surface area contributed by atoms with Gasteiger partial charge >= 0.3 is 50.6 Å². The van der Waals surface area contributed by atoms with Crippen LogP contribution < -0.4 is 0 Å². The number of rotatable bonds is 0. The molecule has 1 saturated heterocycles. The van der Waals surface area contributed by atoms with Gasteiger partial charge in [-0.05, 0) is 0 Å². The van der Waals surface area contributed by atoms with Crippen LogP contribution in [0.25, 0.3) is 0 Å². The molecule has 0 amide bonds. The zero-order valence-electron chi connectivity index (χ0n) is 3.11. The van der Waals surface area contributed by atoms with Gasteiger partial charge in [0.25, 0.3) is 0 Å². The Morgan fingerprint density at radius 1 is 1.00 bits per heavy atom. The van der Waals surface area contributed by atoms with Gasteiger partial charge in [-0.15, -0.1) is 0 Å². The average molecular weight is 170 g/mol. The van der Waals surface area contributed by atoms with Crippen LogP contribution in [0.2, 0.25) is 0 Å². The van der Waals surface area contributed by atoms with Crippen molar-refractivity contribution in [3.63, 3.8) is 0 Å². The topological polar surface area (TPSA) is 85.8 Å². The molecule has 0 saturated carbocycles. The largest absolute Gasteiger partial charge is 0 e. The fraction of sp³-hybridized carbons (Fsp3) is 0. The SMILES string of the molecule is OP1(O)(O)OO1.[LiH].[Ti]. The van der Waals surface area contributed by atoms with Crippen molar-refractivity contribution >= 4 is 26.6 Å². The summed E-state index contributed by atoms with van der Waals surface area (Å²) in [6.07, 6.45) is 0. The van der Waals surface area contributed by atoms with Crippen molar-refractivity contribution in [2.45, 2.75) is 0 Å². The first-order chi connectivity index (χ1) is 2.47. The minimum atomic E-state index is -4.80. The first kappa shape index (κ1) is 12.2. The van der Waals surface area contributed by atoms with E-state index in [2.05, 4.69) is 9.35 Å². The molecule has 5 nitrogen and oxygen atoms in total. The molecule has 8 heavy (non-hydrogen) atoms.